The van der Waals surface area contributed by atoms with Crippen molar-refractivity contribution >= 4 is 11.8 Å². The Morgan fingerprint density at radius 2 is 1.43 bits per heavy atom. The molecule has 2 rings (SSSR count). The summed E-state index contributed by atoms with van der Waals surface area (Å²) >= 11 is 0. The van der Waals surface area contributed by atoms with Gasteiger partial charge in [0.1, 0.15) is 5.78 Å². The molecule has 2 atom stereocenters. The molecule has 0 aromatic heterocycles. The lowest BCUT2D eigenvalue weighted by Crippen LogP contribution is -2.32. The van der Waals surface area contributed by atoms with Gasteiger partial charge in [-0.3, -0.25) is 9.59 Å². The zero-order valence-electron chi connectivity index (χ0n) is 21.0. The molecule has 3 nitrogen and oxygen atoms in total. The lowest BCUT2D eigenvalue weighted by Gasteiger charge is -2.32. The van der Waals surface area contributed by atoms with Crippen molar-refractivity contribution in [2.24, 2.45) is 16.7 Å². The maximum atomic E-state index is 11.6. The van der Waals surface area contributed by atoms with Crippen molar-refractivity contribution in [1.82, 2.24) is 0 Å². The summed E-state index contributed by atoms with van der Waals surface area (Å²) in [6, 6.07) is 0. The predicted molar refractivity (Wildman–Crippen MR) is 127 cm³/mol. The van der Waals surface area contributed by atoms with Crippen LogP contribution in [0.2, 0.25) is 0 Å². The number of Topliss-reactive ketones (excluding diaryl/α,β-unsaturated/α-hetero) is 1. The maximum absolute atomic E-state index is 11.6. The second kappa shape index (κ2) is 13.5. The number of esters is 1. The number of hydrogen-bond donors (Lipinski definition) is 0. The summed E-state index contributed by atoms with van der Waals surface area (Å²) in [5, 5.41) is 0. The number of ether oxygens (including phenoxy) is 1. The second-order valence-corrected chi connectivity index (χ2v) is 10.7. The molecule has 2 fully saturated rings. The van der Waals surface area contributed by atoms with E-state index in [1.807, 2.05) is 13.8 Å². The molecular weight excluding hydrogens is 372 g/mol. The van der Waals surface area contributed by atoms with E-state index >= 15 is 0 Å². The van der Waals surface area contributed by atoms with Gasteiger partial charge in [-0.25, -0.2) is 0 Å². The van der Waals surface area contributed by atoms with Crippen LogP contribution in [0.4, 0.5) is 0 Å². The number of rotatable bonds is 13. The Labute approximate surface area is 187 Å². The number of carbonyl (C=O) groups excluding carboxylic acids is 2. The van der Waals surface area contributed by atoms with Crippen LogP contribution in [-0.4, -0.2) is 17.9 Å². The van der Waals surface area contributed by atoms with E-state index in [9.17, 15) is 9.59 Å². The third kappa shape index (κ3) is 8.35. The molecule has 0 aliphatic heterocycles. The van der Waals surface area contributed by atoms with Gasteiger partial charge in [0.25, 0.3) is 0 Å². The summed E-state index contributed by atoms with van der Waals surface area (Å²) in [6.07, 6.45) is 18.3. The van der Waals surface area contributed by atoms with E-state index in [0.717, 1.165) is 19.3 Å². The number of ketones is 1. The van der Waals surface area contributed by atoms with Crippen LogP contribution in [0.15, 0.2) is 0 Å². The van der Waals surface area contributed by atoms with E-state index in [-0.39, 0.29) is 22.9 Å². The quantitative estimate of drug-likeness (QED) is 0.223. The van der Waals surface area contributed by atoms with Crippen molar-refractivity contribution in [1.29, 1.82) is 0 Å². The highest BCUT2D eigenvalue weighted by atomic mass is 16.5. The van der Waals surface area contributed by atoms with Gasteiger partial charge < -0.3 is 4.74 Å². The lowest BCUT2D eigenvalue weighted by atomic mass is 9.70. The van der Waals surface area contributed by atoms with E-state index < -0.39 is 0 Å². The third-order valence-electron chi connectivity index (χ3n) is 7.83. The minimum Gasteiger partial charge on any atom is -0.463 e. The lowest BCUT2D eigenvalue weighted by molar-refractivity contribution is -0.147. The summed E-state index contributed by atoms with van der Waals surface area (Å²) < 4.78 is 5.10. The summed E-state index contributed by atoms with van der Waals surface area (Å²) in [6.45, 7) is 12.7. The Hall–Kier alpha value is -0.860. The van der Waals surface area contributed by atoms with Gasteiger partial charge >= 0.3 is 5.97 Å². The highest BCUT2D eigenvalue weighted by molar-refractivity contribution is 5.89. The Morgan fingerprint density at radius 1 is 0.933 bits per heavy atom. The summed E-state index contributed by atoms with van der Waals surface area (Å²) in [4.78, 5) is 22.9. The SMILES string of the molecule is CC12CCC(CC1=O)C2(C)C.CCCCCCCCCCCCCC(=O)OC(C)C. The fraction of sp³-hybridized carbons (Fsp3) is 0.926. The predicted octanol–water partition coefficient (Wildman–Crippen LogP) is 8.04. The van der Waals surface area contributed by atoms with Crippen LogP contribution in [0, 0.1) is 16.7 Å². The molecule has 0 radical (unpaired) electrons. The Morgan fingerprint density at radius 3 is 1.77 bits per heavy atom. The van der Waals surface area contributed by atoms with Gasteiger partial charge in [0.05, 0.1) is 6.10 Å². The first kappa shape index (κ1) is 27.2. The summed E-state index contributed by atoms with van der Waals surface area (Å²) in [7, 11) is 0. The molecule has 0 aromatic carbocycles. The van der Waals surface area contributed by atoms with Gasteiger partial charge in [0.2, 0.25) is 0 Å². The molecule has 2 unspecified atom stereocenters. The zero-order chi connectivity index (χ0) is 22.6. The van der Waals surface area contributed by atoms with Gasteiger partial charge in [0.15, 0.2) is 0 Å². The normalized spacial score (nSPS) is 24.1. The standard InChI is InChI=1S/C17H34O2.C10H16O/c1-4-5-6-7-8-9-10-11-12-13-14-15-17(18)19-16(2)3;1-9(2)7-4-5-10(9,3)8(11)6-7/h16H,4-15H2,1-3H3;7H,4-6H2,1-3H3. The number of carbonyl (C=O) groups is 2. The van der Waals surface area contributed by atoms with Crippen molar-refractivity contribution in [3.8, 4) is 0 Å². The molecule has 176 valence electrons. The molecule has 0 heterocycles. The Bertz CT molecular complexity index is 508. The average Bonchev–Trinajstić information content (AvgIpc) is 2.99. The molecule has 0 amide bonds. The highest BCUT2D eigenvalue weighted by Gasteiger charge is 2.61. The van der Waals surface area contributed by atoms with Crippen LogP contribution in [0.25, 0.3) is 0 Å². The smallest absolute Gasteiger partial charge is 0.306 e. The molecule has 30 heavy (non-hydrogen) atoms. The molecular formula is C27H50O3. The number of fused-ring (bicyclic) bond motifs is 2. The van der Waals surface area contributed by atoms with Crippen LogP contribution in [0.1, 0.15) is 138 Å². The van der Waals surface area contributed by atoms with Crippen molar-refractivity contribution in [2.75, 3.05) is 0 Å². The van der Waals surface area contributed by atoms with Gasteiger partial charge in [0, 0.05) is 18.3 Å². The molecule has 0 N–H and O–H groups in total. The minimum atomic E-state index is -0.0362. The first-order chi connectivity index (χ1) is 14.1. The van der Waals surface area contributed by atoms with Crippen LogP contribution in [-0.2, 0) is 14.3 Å². The minimum absolute atomic E-state index is 0.0255. The van der Waals surface area contributed by atoms with Crippen LogP contribution in [0.5, 0.6) is 0 Å². The largest absolute Gasteiger partial charge is 0.463 e. The van der Waals surface area contributed by atoms with E-state index in [4.69, 9.17) is 4.74 Å². The molecule has 2 aliphatic carbocycles. The fourth-order valence-electron chi connectivity index (χ4n) is 5.16. The fourth-order valence-corrected chi connectivity index (χ4v) is 5.16. The average molecular weight is 423 g/mol. The molecule has 2 saturated carbocycles. The van der Waals surface area contributed by atoms with E-state index in [1.165, 1.54) is 70.6 Å². The van der Waals surface area contributed by atoms with Gasteiger partial charge in [-0.15, -0.1) is 0 Å². The molecule has 2 aliphatic rings. The monoisotopic (exact) mass is 422 g/mol. The van der Waals surface area contributed by atoms with Crippen molar-refractivity contribution in [2.45, 2.75) is 144 Å². The van der Waals surface area contributed by atoms with Crippen molar-refractivity contribution in [3.63, 3.8) is 0 Å². The van der Waals surface area contributed by atoms with Crippen molar-refractivity contribution in [3.05, 3.63) is 0 Å². The molecule has 0 spiro atoms. The van der Waals surface area contributed by atoms with Gasteiger partial charge in [-0.05, 0) is 44.4 Å². The van der Waals surface area contributed by atoms with E-state index in [2.05, 4.69) is 27.7 Å². The van der Waals surface area contributed by atoms with E-state index in [1.54, 1.807) is 0 Å². The van der Waals surface area contributed by atoms with Crippen LogP contribution >= 0.6 is 0 Å². The molecule has 0 aromatic rings. The second-order valence-electron chi connectivity index (χ2n) is 10.7. The first-order valence-corrected chi connectivity index (χ1v) is 12.9. The number of unbranched alkanes of at least 4 members (excludes halogenated alkanes) is 10. The highest BCUT2D eigenvalue weighted by Crippen LogP contribution is 2.63. The van der Waals surface area contributed by atoms with Gasteiger partial charge in [-0.2, -0.15) is 0 Å². The molecule has 0 saturated heterocycles. The summed E-state index contributed by atoms with van der Waals surface area (Å²) in [5.74, 6) is 1.16. The van der Waals surface area contributed by atoms with E-state index in [0.29, 0.717) is 18.1 Å². The molecule has 3 heteroatoms. The van der Waals surface area contributed by atoms with Crippen molar-refractivity contribution < 1.29 is 14.3 Å². The third-order valence-corrected chi connectivity index (χ3v) is 7.83. The van der Waals surface area contributed by atoms with Crippen LogP contribution in [0.3, 0.4) is 0 Å². The summed E-state index contributed by atoms with van der Waals surface area (Å²) in [5.41, 5.74) is 0.307. The maximum Gasteiger partial charge on any atom is 0.306 e. The zero-order valence-corrected chi connectivity index (χ0v) is 21.0. The Kier molecular flexibility index (Phi) is 12.3. The van der Waals surface area contributed by atoms with Gasteiger partial charge in [-0.1, -0.05) is 91.9 Å². The topological polar surface area (TPSA) is 43.4 Å². The first-order valence-electron chi connectivity index (χ1n) is 12.9. The molecule has 2 bridgehead atoms. The van der Waals surface area contributed by atoms with Crippen LogP contribution < -0.4 is 0 Å². The Balaban J connectivity index is 0.000000340. The number of hydrogen-bond acceptors (Lipinski definition) is 3.